The molecule has 0 aliphatic carbocycles. The number of nitrogen functional groups attached to an aromatic ring is 1. The maximum absolute atomic E-state index is 12.0. The van der Waals surface area contributed by atoms with Gasteiger partial charge < -0.3 is 15.5 Å². The van der Waals surface area contributed by atoms with E-state index >= 15 is 0 Å². The molecule has 0 radical (unpaired) electrons. The highest BCUT2D eigenvalue weighted by Gasteiger charge is 2.31. The first-order valence-electron chi connectivity index (χ1n) is 7.23. The van der Waals surface area contributed by atoms with Gasteiger partial charge in [0.05, 0.1) is 29.9 Å². The van der Waals surface area contributed by atoms with Crippen molar-refractivity contribution >= 4 is 17.5 Å². The molecule has 1 atom stereocenters. The van der Waals surface area contributed by atoms with E-state index in [1.54, 1.807) is 17.3 Å². The highest BCUT2D eigenvalue weighted by Crippen LogP contribution is 2.22. The lowest BCUT2D eigenvalue weighted by Gasteiger charge is -2.40. The number of piperazine rings is 1. The van der Waals surface area contributed by atoms with E-state index in [-0.39, 0.29) is 12.0 Å². The molecule has 2 rings (SSSR count). The van der Waals surface area contributed by atoms with Crippen LogP contribution in [-0.2, 0) is 9.63 Å². The first-order valence-corrected chi connectivity index (χ1v) is 7.23. The van der Waals surface area contributed by atoms with Crippen LogP contribution >= 0.6 is 0 Å². The standard InChI is InChI=1S/C15H24N4O2/c1-11-10-18(12-5-6-13(16)17-9-12)7-8-19(11)21-14(20)15(2,3)4/h5-6,9,11H,7-8,10H2,1-4H3,(H2,16,17). The largest absolute Gasteiger partial charge is 0.384 e. The highest BCUT2D eigenvalue weighted by atomic mass is 16.7. The first-order chi connectivity index (χ1) is 9.77. The minimum Gasteiger partial charge on any atom is -0.384 e. The van der Waals surface area contributed by atoms with Gasteiger partial charge in [-0.2, -0.15) is 0 Å². The van der Waals surface area contributed by atoms with E-state index < -0.39 is 5.41 Å². The quantitative estimate of drug-likeness (QED) is 0.894. The van der Waals surface area contributed by atoms with Crippen molar-refractivity contribution in [3.63, 3.8) is 0 Å². The fourth-order valence-corrected chi connectivity index (χ4v) is 2.14. The number of aromatic nitrogens is 1. The van der Waals surface area contributed by atoms with E-state index in [2.05, 4.69) is 9.88 Å². The van der Waals surface area contributed by atoms with Crippen LogP contribution in [0.5, 0.6) is 0 Å². The van der Waals surface area contributed by atoms with Crippen molar-refractivity contribution in [2.75, 3.05) is 30.3 Å². The third-order valence-corrected chi connectivity index (χ3v) is 3.51. The Morgan fingerprint density at radius 1 is 1.38 bits per heavy atom. The summed E-state index contributed by atoms with van der Waals surface area (Å²) in [7, 11) is 0. The fourth-order valence-electron chi connectivity index (χ4n) is 2.14. The van der Waals surface area contributed by atoms with Crippen molar-refractivity contribution in [1.29, 1.82) is 0 Å². The van der Waals surface area contributed by atoms with Crippen LogP contribution in [0.3, 0.4) is 0 Å². The molecular formula is C15H24N4O2. The van der Waals surface area contributed by atoms with Crippen molar-refractivity contribution in [3.05, 3.63) is 18.3 Å². The zero-order valence-corrected chi connectivity index (χ0v) is 13.2. The van der Waals surface area contributed by atoms with Gasteiger partial charge in [0.1, 0.15) is 5.82 Å². The lowest BCUT2D eigenvalue weighted by atomic mass is 9.98. The number of pyridine rings is 1. The Kier molecular flexibility index (Phi) is 4.37. The molecule has 1 aliphatic rings. The third-order valence-electron chi connectivity index (χ3n) is 3.51. The van der Waals surface area contributed by atoms with Crippen molar-refractivity contribution in [2.24, 2.45) is 5.41 Å². The molecule has 1 unspecified atom stereocenters. The predicted octanol–water partition coefficient (Wildman–Crippen LogP) is 1.68. The molecule has 0 saturated carbocycles. The van der Waals surface area contributed by atoms with E-state index in [0.29, 0.717) is 12.4 Å². The number of rotatable bonds is 2. The minimum atomic E-state index is -0.488. The predicted molar refractivity (Wildman–Crippen MR) is 82.6 cm³/mol. The molecule has 2 N–H and O–H groups in total. The van der Waals surface area contributed by atoms with Crippen molar-refractivity contribution in [2.45, 2.75) is 33.7 Å². The molecular weight excluding hydrogens is 268 g/mol. The van der Waals surface area contributed by atoms with Crippen LogP contribution in [0.2, 0.25) is 0 Å². The van der Waals surface area contributed by atoms with Crippen LogP contribution in [0.1, 0.15) is 27.7 Å². The number of hydroxylamine groups is 2. The van der Waals surface area contributed by atoms with Gasteiger partial charge in [-0.05, 0) is 39.8 Å². The summed E-state index contributed by atoms with van der Waals surface area (Å²) >= 11 is 0. The third kappa shape index (κ3) is 3.85. The zero-order chi connectivity index (χ0) is 15.6. The number of nitrogens with zero attached hydrogens (tertiary/aromatic N) is 3. The maximum Gasteiger partial charge on any atom is 0.330 e. The molecule has 1 aromatic rings. The Bertz CT molecular complexity index is 495. The van der Waals surface area contributed by atoms with Crippen LogP contribution in [0.25, 0.3) is 0 Å². The van der Waals surface area contributed by atoms with Gasteiger partial charge >= 0.3 is 5.97 Å². The van der Waals surface area contributed by atoms with Gasteiger partial charge in [0.15, 0.2) is 0 Å². The molecule has 0 spiro atoms. The number of carbonyl (C=O) groups excluding carboxylic acids is 1. The van der Waals surface area contributed by atoms with E-state index in [1.807, 2.05) is 33.8 Å². The molecule has 1 fully saturated rings. The second kappa shape index (κ2) is 5.89. The molecule has 6 heteroatoms. The average molecular weight is 292 g/mol. The molecule has 116 valence electrons. The Labute approximate surface area is 125 Å². The molecule has 21 heavy (non-hydrogen) atoms. The summed E-state index contributed by atoms with van der Waals surface area (Å²) in [6.07, 6.45) is 1.78. The Morgan fingerprint density at radius 2 is 2.10 bits per heavy atom. The topological polar surface area (TPSA) is 71.7 Å². The van der Waals surface area contributed by atoms with Crippen molar-refractivity contribution in [1.82, 2.24) is 10.0 Å². The monoisotopic (exact) mass is 292 g/mol. The molecule has 1 aromatic heterocycles. The van der Waals surface area contributed by atoms with E-state index in [4.69, 9.17) is 10.6 Å². The number of carbonyl (C=O) groups is 1. The van der Waals surface area contributed by atoms with Crippen LogP contribution in [-0.4, -0.2) is 41.7 Å². The molecule has 1 saturated heterocycles. The zero-order valence-electron chi connectivity index (χ0n) is 13.2. The SMILES string of the molecule is CC1CN(c2ccc(N)nc2)CCN1OC(=O)C(C)(C)C. The van der Waals surface area contributed by atoms with Gasteiger partial charge in [0.25, 0.3) is 0 Å². The summed E-state index contributed by atoms with van der Waals surface area (Å²) in [6.45, 7) is 9.86. The van der Waals surface area contributed by atoms with Gasteiger partial charge in [-0.1, -0.05) is 0 Å². The van der Waals surface area contributed by atoms with Crippen LogP contribution in [0.15, 0.2) is 18.3 Å². The smallest absolute Gasteiger partial charge is 0.330 e. The Morgan fingerprint density at radius 3 is 2.62 bits per heavy atom. The normalized spacial score (nSPS) is 20.4. The van der Waals surface area contributed by atoms with Crippen molar-refractivity contribution < 1.29 is 9.63 Å². The molecule has 0 bridgehead atoms. The summed E-state index contributed by atoms with van der Waals surface area (Å²) in [6, 6.07) is 3.89. The van der Waals surface area contributed by atoms with Gasteiger partial charge in [-0.15, -0.1) is 5.06 Å². The summed E-state index contributed by atoms with van der Waals surface area (Å²) in [5.74, 6) is 0.321. The fraction of sp³-hybridized carbons (Fsp3) is 0.600. The molecule has 6 nitrogen and oxygen atoms in total. The summed E-state index contributed by atoms with van der Waals surface area (Å²) in [4.78, 5) is 23.8. The van der Waals surface area contributed by atoms with E-state index in [1.165, 1.54) is 0 Å². The molecule has 2 heterocycles. The average Bonchev–Trinajstić information content (AvgIpc) is 2.41. The minimum absolute atomic E-state index is 0.127. The highest BCUT2D eigenvalue weighted by molar-refractivity contribution is 5.75. The second-order valence-corrected chi connectivity index (χ2v) is 6.51. The molecule has 1 aliphatic heterocycles. The second-order valence-electron chi connectivity index (χ2n) is 6.51. The first kappa shape index (κ1) is 15.6. The number of anilines is 2. The number of hydrogen-bond donors (Lipinski definition) is 1. The summed E-state index contributed by atoms with van der Waals surface area (Å²) in [5, 5.41) is 1.77. The van der Waals surface area contributed by atoms with E-state index in [0.717, 1.165) is 18.8 Å². The molecule has 0 aromatic carbocycles. The number of nitrogens with two attached hydrogens (primary N) is 1. The van der Waals surface area contributed by atoms with Crippen LogP contribution < -0.4 is 10.6 Å². The summed E-state index contributed by atoms with van der Waals surface area (Å²) < 4.78 is 0. The van der Waals surface area contributed by atoms with Crippen LogP contribution in [0.4, 0.5) is 11.5 Å². The van der Waals surface area contributed by atoms with Crippen molar-refractivity contribution in [3.8, 4) is 0 Å². The Hall–Kier alpha value is -1.82. The van der Waals surface area contributed by atoms with Gasteiger partial charge in [-0.25, -0.2) is 9.78 Å². The van der Waals surface area contributed by atoms with Gasteiger partial charge in [0, 0.05) is 13.1 Å². The number of hydrogen-bond acceptors (Lipinski definition) is 6. The van der Waals surface area contributed by atoms with E-state index in [9.17, 15) is 4.79 Å². The summed E-state index contributed by atoms with van der Waals surface area (Å²) in [5.41, 5.74) is 6.16. The lowest BCUT2D eigenvalue weighted by molar-refractivity contribution is -0.211. The lowest BCUT2D eigenvalue weighted by Crippen LogP contribution is -2.53. The van der Waals surface area contributed by atoms with Gasteiger partial charge in [-0.3, -0.25) is 0 Å². The molecule has 0 amide bonds. The Balaban J connectivity index is 1.96. The van der Waals surface area contributed by atoms with Crippen LogP contribution in [0, 0.1) is 5.41 Å². The maximum atomic E-state index is 12.0. The van der Waals surface area contributed by atoms with Gasteiger partial charge in [0.2, 0.25) is 0 Å².